The van der Waals surface area contributed by atoms with Crippen LogP contribution in [0.2, 0.25) is 0 Å². The maximum absolute atomic E-state index is 11.0. The minimum Gasteiger partial charge on any atom is -0.298 e. The molecule has 0 heterocycles. The summed E-state index contributed by atoms with van der Waals surface area (Å²) < 4.78 is 0. The van der Waals surface area contributed by atoms with E-state index in [0.29, 0.717) is 5.56 Å². The third kappa shape index (κ3) is 2.28. The van der Waals surface area contributed by atoms with Crippen LogP contribution in [0.15, 0.2) is 91.5 Å². The summed E-state index contributed by atoms with van der Waals surface area (Å²) in [5, 5.41) is 0. The smallest absolute Gasteiger partial charge is 0.150 e. The van der Waals surface area contributed by atoms with Gasteiger partial charge in [0.1, 0.15) is 6.29 Å². The Balaban J connectivity index is 1.98. The van der Waals surface area contributed by atoms with Crippen molar-refractivity contribution in [2.45, 2.75) is 5.41 Å². The van der Waals surface area contributed by atoms with Gasteiger partial charge in [-0.05, 0) is 33.9 Å². The molecule has 0 N–H and O–H groups in total. The minimum absolute atomic E-state index is 0.388. The van der Waals surface area contributed by atoms with Gasteiger partial charge in [-0.25, -0.2) is 0 Å². The minimum atomic E-state index is -0.388. The van der Waals surface area contributed by atoms with Crippen LogP contribution in [0.5, 0.6) is 0 Å². The van der Waals surface area contributed by atoms with Gasteiger partial charge >= 0.3 is 0 Å². The van der Waals surface area contributed by atoms with Crippen molar-refractivity contribution in [2.75, 3.05) is 0 Å². The van der Waals surface area contributed by atoms with Crippen LogP contribution in [0.4, 0.5) is 0 Å². The van der Waals surface area contributed by atoms with E-state index in [9.17, 15) is 4.79 Å². The summed E-state index contributed by atoms with van der Waals surface area (Å²) in [6.45, 7) is 4.20. The van der Waals surface area contributed by atoms with Crippen molar-refractivity contribution in [3.63, 3.8) is 0 Å². The van der Waals surface area contributed by atoms with Gasteiger partial charge in [0.25, 0.3) is 0 Å². The summed E-state index contributed by atoms with van der Waals surface area (Å²) in [7, 11) is 0. The van der Waals surface area contributed by atoms with E-state index in [4.69, 9.17) is 0 Å². The van der Waals surface area contributed by atoms with Crippen LogP contribution in [0.25, 0.3) is 11.6 Å². The molecule has 3 aromatic carbocycles. The van der Waals surface area contributed by atoms with Crippen LogP contribution in [0.1, 0.15) is 32.6 Å². The standard InChI is InChI=1S/C24H18O/c1-2-24(21-9-4-3-5-10-21)22-11-7-6-8-20(22)16-23(24)19-14-12-18(17-25)13-15-19/h2-17H,1H2. The zero-order valence-electron chi connectivity index (χ0n) is 13.9. The van der Waals surface area contributed by atoms with Crippen LogP contribution in [-0.4, -0.2) is 6.29 Å². The first kappa shape index (κ1) is 15.3. The normalized spacial score (nSPS) is 18.3. The monoisotopic (exact) mass is 322 g/mol. The predicted octanol–water partition coefficient (Wildman–Crippen LogP) is 5.53. The molecule has 0 saturated carbocycles. The topological polar surface area (TPSA) is 17.1 Å². The summed E-state index contributed by atoms with van der Waals surface area (Å²) in [4.78, 5) is 11.0. The van der Waals surface area contributed by atoms with Crippen molar-refractivity contribution in [3.8, 4) is 0 Å². The summed E-state index contributed by atoms with van der Waals surface area (Å²) in [6, 6.07) is 26.7. The maximum atomic E-state index is 11.0. The van der Waals surface area contributed by atoms with Gasteiger partial charge in [-0.15, -0.1) is 6.58 Å². The molecule has 0 aromatic heterocycles. The van der Waals surface area contributed by atoms with Gasteiger partial charge in [0, 0.05) is 5.56 Å². The van der Waals surface area contributed by atoms with Crippen LogP contribution >= 0.6 is 0 Å². The summed E-state index contributed by atoms with van der Waals surface area (Å²) in [6.07, 6.45) is 5.15. The van der Waals surface area contributed by atoms with Crippen molar-refractivity contribution in [3.05, 3.63) is 119 Å². The molecule has 1 aliphatic rings. The van der Waals surface area contributed by atoms with Gasteiger partial charge in [0.05, 0.1) is 5.41 Å². The second-order valence-corrected chi connectivity index (χ2v) is 6.26. The first-order valence-electron chi connectivity index (χ1n) is 8.36. The third-order valence-corrected chi connectivity index (χ3v) is 5.00. The third-order valence-electron chi connectivity index (χ3n) is 5.00. The molecular weight excluding hydrogens is 304 g/mol. The van der Waals surface area contributed by atoms with Crippen molar-refractivity contribution in [1.82, 2.24) is 0 Å². The summed E-state index contributed by atoms with van der Waals surface area (Å²) in [5.41, 5.74) is 6.23. The number of hydrogen-bond acceptors (Lipinski definition) is 1. The fourth-order valence-corrected chi connectivity index (χ4v) is 3.80. The molecule has 0 spiro atoms. The second kappa shape index (κ2) is 6.03. The highest BCUT2D eigenvalue weighted by Crippen LogP contribution is 2.51. The number of aldehydes is 1. The zero-order valence-corrected chi connectivity index (χ0v) is 13.9. The van der Waals surface area contributed by atoms with Crippen molar-refractivity contribution in [1.29, 1.82) is 0 Å². The van der Waals surface area contributed by atoms with Crippen LogP contribution in [0.3, 0.4) is 0 Å². The Morgan fingerprint density at radius 2 is 1.48 bits per heavy atom. The van der Waals surface area contributed by atoms with E-state index >= 15 is 0 Å². The quantitative estimate of drug-likeness (QED) is 0.456. The van der Waals surface area contributed by atoms with Gasteiger partial charge in [-0.2, -0.15) is 0 Å². The van der Waals surface area contributed by atoms with E-state index in [0.717, 1.165) is 11.8 Å². The Kier molecular flexibility index (Phi) is 3.70. The number of carbonyl (C=O) groups is 1. The van der Waals surface area contributed by atoms with Crippen molar-refractivity contribution >= 4 is 17.9 Å². The molecule has 1 unspecified atom stereocenters. The first-order valence-corrected chi connectivity index (χ1v) is 8.36. The molecule has 3 aromatic rings. The van der Waals surface area contributed by atoms with Gasteiger partial charge in [0.2, 0.25) is 0 Å². The van der Waals surface area contributed by atoms with E-state index < -0.39 is 0 Å². The van der Waals surface area contributed by atoms with Crippen LogP contribution in [-0.2, 0) is 5.41 Å². The Hall–Kier alpha value is -3.19. The first-order chi connectivity index (χ1) is 12.3. The molecule has 25 heavy (non-hydrogen) atoms. The lowest BCUT2D eigenvalue weighted by molar-refractivity contribution is 0.112. The van der Waals surface area contributed by atoms with Gasteiger partial charge in [0.15, 0.2) is 0 Å². The molecular formula is C24H18O. The highest BCUT2D eigenvalue weighted by molar-refractivity contribution is 5.98. The van der Waals surface area contributed by atoms with Crippen LogP contribution < -0.4 is 0 Å². The number of hydrogen-bond donors (Lipinski definition) is 0. The molecule has 0 amide bonds. The van der Waals surface area contributed by atoms with E-state index in [1.807, 2.05) is 36.4 Å². The fourth-order valence-electron chi connectivity index (χ4n) is 3.80. The Morgan fingerprint density at radius 1 is 0.800 bits per heavy atom. The van der Waals surface area contributed by atoms with Crippen molar-refractivity contribution in [2.24, 2.45) is 0 Å². The highest BCUT2D eigenvalue weighted by atomic mass is 16.1. The lowest BCUT2D eigenvalue weighted by Gasteiger charge is -2.32. The Labute approximate surface area is 148 Å². The molecule has 1 atom stereocenters. The largest absolute Gasteiger partial charge is 0.298 e. The molecule has 1 aliphatic carbocycles. The summed E-state index contributed by atoms with van der Waals surface area (Å²) >= 11 is 0. The average molecular weight is 322 g/mol. The molecule has 0 fully saturated rings. The lowest BCUT2D eigenvalue weighted by Crippen LogP contribution is -2.24. The number of fused-ring (bicyclic) bond motifs is 1. The molecule has 1 nitrogen and oxygen atoms in total. The predicted molar refractivity (Wildman–Crippen MR) is 104 cm³/mol. The average Bonchev–Trinajstić information content (AvgIpc) is 3.04. The highest BCUT2D eigenvalue weighted by Gasteiger charge is 2.40. The number of benzene rings is 3. The molecule has 120 valence electrons. The second-order valence-electron chi connectivity index (χ2n) is 6.26. The fraction of sp³-hybridized carbons (Fsp3) is 0.0417. The van der Waals surface area contributed by atoms with Gasteiger partial charge in [-0.1, -0.05) is 84.9 Å². The number of carbonyl (C=O) groups excluding carboxylic acids is 1. The lowest BCUT2D eigenvalue weighted by atomic mass is 9.70. The van der Waals surface area contributed by atoms with Crippen molar-refractivity contribution < 1.29 is 4.79 Å². The number of rotatable bonds is 4. The van der Waals surface area contributed by atoms with Gasteiger partial charge in [-0.3, -0.25) is 4.79 Å². The number of allylic oxidation sites excluding steroid dienone is 2. The Morgan fingerprint density at radius 3 is 2.16 bits per heavy atom. The van der Waals surface area contributed by atoms with E-state index in [1.54, 1.807) is 0 Å². The van der Waals surface area contributed by atoms with E-state index in [-0.39, 0.29) is 5.41 Å². The SMILES string of the molecule is C=CC1(c2ccccc2)C(c2ccc(C=O)cc2)=Cc2ccccc21. The molecule has 4 rings (SSSR count). The van der Waals surface area contributed by atoms with Crippen LogP contribution in [0, 0.1) is 0 Å². The maximum Gasteiger partial charge on any atom is 0.150 e. The molecule has 0 saturated heterocycles. The van der Waals surface area contributed by atoms with E-state index in [2.05, 4.69) is 61.2 Å². The van der Waals surface area contributed by atoms with Gasteiger partial charge < -0.3 is 0 Å². The zero-order chi connectivity index (χ0) is 17.3. The molecule has 0 radical (unpaired) electrons. The summed E-state index contributed by atoms with van der Waals surface area (Å²) in [5.74, 6) is 0. The molecule has 1 heteroatoms. The molecule has 0 bridgehead atoms. The Bertz CT molecular complexity index is 964. The molecule has 0 aliphatic heterocycles. The van der Waals surface area contributed by atoms with E-state index in [1.165, 1.54) is 22.3 Å².